The van der Waals surface area contributed by atoms with Crippen LogP contribution in [0.25, 0.3) is 11.3 Å². The number of halogens is 1. The number of aromatic nitrogens is 2. The van der Waals surface area contributed by atoms with Crippen molar-refractivity contribution in [2.45, 2.75) is 20.1 Å². The largest absolute Gasteiger partial charge is 0.467 e. The summed E-state index contributed by atoms with van der Waals surface area (Å²) in [4.78, 5) is 17.0. The van der Waals surface area contributed by atoms with E-state index in [9.17, 15) is 9.18 Å². The number of carbonyl (C=O) groups is 1. The van der Waals surface area contributed by atoms with E-state index in [1.165, 1.54) is 12.1 Å². The molecule has 27 heavy (non-hydrogen) atoms. The number of hydrogen-bond acceptors (Lipinski definition) is 6. The Hall–Kier alpha value is -2.71. The molecule has 1 aliphatic rings. The van der Waals surface area contributed by atoms with E-state index in [2.05, 4.69) is 4.98 Å². The van der Waals surface area contributed by atoms with Crippen LogP contribution in [0.4, 0.5) is 4.39 Å². The predicted octanol–water partition coefficient (Wildman–Crippen LogP) is 3.82. The van der Waals surface area contributed by atoms with Gasteiger partial charge in [0.05, 0.1) is 17.3 Å². The van der Waals surface area contributed by atoms with Crippen LogP contribution in [-0.4, -0.2) is 22.3 Å². The lowest BCUT2D eigenvalue weighted by molar-refractivity contribution is -0.0183. The number of esters is 1. The molecule has 0 unspecified atom stereocenters. The van der Waals surface area contributed by atoms with Crippen LogP contribution in [0.15, 0.2) is 29.8 Å². The number of aryl methyl sites for hydroxylation is 2. The van der Waals surface area contributed by atoms with E-state index in [4.69, 9.17) is 14.2 Å². The molecule has 3 heterocycles. The van der Waals surface area contributed by atoms with Crippen molar-refractivity contribution in [1.82, 2.24) is 9.55 Å². The monoisotopic (exact) mass is 388 g/mol. The first kappa shape index (κ1) is 17.7. The van der Waals surface area contributed by atoms with Gasteiger partial charge in [0.2, 0.25) is 0 Å². The molecule has 0 N–H and O–H groups in total. The molecule has 0 saturated heterocycles. The Morgan fingerprint density at radius 1 is 1.41 bits per heavy atom. The van der Waals surface area contributed by atoms with Crippen LogP contribution in [-0.2, 0) is 29.7 Å². The van der Waals surface area contributed by atoms with E-state index in [-0.39, 0.29) is 20.0 Å². The highest BCUT2D eigenvalue weighted by atomic mass is 32.1. The number of hydrogen-bond donors (Lipinski definition) is 0. The Balaban J connectivity index is 1.52. The van der Waals surface area contributed by atoms with Crippen LogP contribution in [0.2, 0.25) is 0 Å². The second-order valence-corrected chi connectivity index (χ2v) is 7.28. The second kappa shape index (κ2) is 7.13. The first-order valence-corrected chi connectivity index (χ1v) is 9.17. The Labute approximate surface area is 159 Å². The third kappa shape index (κ3) is 3.58. The molecule has 3 aromatic rings. The Morgan fingerprint density at radius 2 is 2.26 bits per heavy atom. The fourth-order valence-corrected chi connectivity index (χ4v) is 3.61. The summed E-state index contributed by atoms with van der Waals surface area (Å²) in [6, 6.07) is 4.41. The molecule has 0 fully saturated rings. The van der Waals surface area contributed by atoms with Gasteiger partial charge < -0.3 is 18.8 Å². The molecular weight excluding hydrogens is 371 g/mol. The number of rotatable bonds is 4. The first-order valence-electron chi connectivity index (χ1n) is 8.29. The van der Waals surface area contributed by atoms with Gasteiger partial charge in [-0.15, -0.1) is 11.3 Å². The van der Waals surface area contributed by atoms with Crippen LogP contribution < -0.4 is 4.74 Å². The summed E-state index contributed by atoms with van der Waals surface area (Å²) in [7, 11) is 1.77. The fraction of sp³-hybridized carbons (Fsp3) is 0.263. The third-order valence-corrected chi connectivity index (χ3v) is 5.01. The third-order valence-electron chi connectivity index (χ3n) is 4.24. The zero-order chi connectivity index (χ0) is 19.0. The van der Waals surface area contributed by atoms with E-state index in [0.29, 0.717) is 22.6 Å². The Morgan fingerprint density at radius 3 is 3.04 bits per heavy atom. The van der Waals surface area contributed by atoms with E-state index in [1.54, 1.807) is 29.0 Å². The van der Waals surface area contributed by atoms with Crippen molar-refractivity contribution in [3.05, 3.63) is 57.4 Å². The standard InChI is InChI=1S/C19H17FN2O4S/c1-11-21-16(9-27-11)12-5-17(22(2)6-12)19(23)25-8-14-4-15(20)3-13-7-24-10-26-18(13)14/h3-6,9H,7-8,10H2,1-2H3. The summed E-state index contributed by atoms with van der Waals surface area (Å²) >= 11 is 1.55. The lowest BCUT2D eigenvalue weighted by Gasteiger charge is -2.20. The van der Waals surface area contributed by atoms with E-state index < -0.39 is 11.8 Å². The average Bonchev–Trinajstić information content (AvgIpc) is 3.25. The van der Waals surface area contributed by atoms with E-state index >= 15 is 0 Å². The minimum Gasteiger partial charge on any atom is -0.467 e. The normalized spacial score (nSPS) is 13.1. The lowest BCUT2D eigenvalue weighted by atomic mass is 10.1. The molecular formula is C19H17FN2O4S. The predicted molar refractivity (Wildman–Crippen MR) is 97.1 cm³/mol. The SMILES string of the molecule is Cc1nc(-c2cc(C(=O)OCc3cc(F)cc4c3OCOC4)n(C)c2)cs1. The van der Waals surface area contributed by atoms with Gasteiger partial charge in [-0.25, -0.2) is 14.2 Å². The molecule has 1 aromatic carbocycles. The van der Waals surface area contributed by atoms with Gasteiger partial charge in [0.15, 0.2) is 6.79 Å². The number of fused-ring (bicyclic) bond motifs is 1. The van der Waals surface area contributed by atoms with Crippen molar-refractivity contribution >= 4 is 17.3 Å². The number of thiazole rings is 1. The van der Waals surface area contributed by atoms with Gasteiger partial charge in [0.25, 0.3) is 0 Å². The molecule has 2 aromatic heterocycles. The number of nitrogens with zero attached hydrogens (tertiary/aromatic N) is 2. The van der Waals surface area contributed by atoms with Crippen LogP contribution >= 0.6 is 11.3 Å². The van der Waals surface area contributed by atoms with Gasteiger partial charge in [0, 0.05) is 35.3 Å². The molecule has 0 spiro atoms. The molecule has 4 rings (SSSR count). The minimum absolute atomic E-state index is 0.0880. The molecule has 1 aliphatic heterocycles. The zero-order valence-corrected chi connectivity index (χ0v) is 15.6. The van der Waals surface area contributed by atoms with Crippen LogP contribution in [0.3, 0.4) is 0 Å². The van der Waals surface area contributed by atoms with Crippen LogP contribution in [0.1, 0.15) is 26.6 Å². The summed E-state index contributed by atoms with van der Waals surface area (Å²) in [5.74, 6) is -0.407. The van der Waals surface area contributed by atoms with Gasteiger partial charge in [-0.3, -0.25) is 0 Å². The summed E-state index contributed by atoms with van der Waals surface area (Å²) in [6.45, 7) is 2.20. The van der Waals surface area contributed by atoms with Gasteiger partial charge in [-0.1, -0.05) is 0 Å². The Bertz CT molecular complexity index is 1010. The maximum atomic E-state index is 13.8. The Kier molecular flexibility index (Phi) is 4.67. The number of ether oxygens (including phenoxy) is 3. The molecule has 0 bridgehead atoms. The van der Waals surface area contributed by atoms with Crippen molar-refractivity contribution in [1.29, 1.82) is 0 Å². The highest BCUT2D eigenvalue weighted by Crippen LogP contribution is 2.30. The number of carbonyl (C=O) groups excluding carboxylic acids is 1. The van der Waals surface area contributed by atoms with E-state index in [1.807, 2.05) is 18.5 Å². The first-order chi connectivity index (χ1) is 13.0. The molecule has 0 amide bonds. The molecule has 0 aliphatic carbocycles. The highest BCUT2D eigenvalue weighted by Gasteiger charge is 2.20. The molecule has 0 saturated carbocycles. The van der Waals surface area contributed by atoms with Crippen LogP contribution in [0, 0.1) is 12.7 Å². The van der Waals surface area contributed by atoms with Crippen molar-refractivity contribution in [2.24, 2.45) is 7.05 Å². The summed E-state index contributed by atoms with van der Waals surface area (Å²) in [5, 5.41) is 2.90. The van der Waals surface area contributed by atoms with Gasteiger partial charge in [-0.05, 0) is 25.1 Å². The maximum absolute atomic E-state index is 13.8. The quantitative estimate of drug-likeness (QED) is 0.636. The maximum Gasteiger partial charge on any atom is 0.355 e. The molecule has 0 radical (unpaired) electrons. The lowest BCUT2D eigenvalue weighted by Crippen LogP contribution is -2.15. The average molecular weight is 388 g/mol. The minimum atomic E-state index is -0.499. The molecule has 0 atom stereocenters. The fourth-order valence-electron chi connectivity index (χ4n) is 2.98. The summed E-state index contributed by atoms with van der Waals surface area (Å²) < 4.78 is 31.5. The van der Waals surface area contributed by atoms with Gasteiger partial charge in [-0.2, -0.15) is 0 Å². The topological polar surface area (TPSA) is 62.6 Å². The smallest absolute Gasteiger partial charge is 0.355 e. The van der Waals surface area contributed by atoms with Crippen molar-refractivity contribution in [3.8, 4) is 17.0 Å². The van der Waals surface area contributed by atoms with Gasteiger partial charge in [0.1, 0.15) is 23.9 Å². The van der Waals surface area contributed by atoms with Crippen molar-refractivity contribution in [2.75, 3.05) is 6.79 Å². The highest BCUT2D eigenvalue weighted by molar-refractivity contribution is 7.09. The summed E-state index contributed by atoms with van der Waals surface area (Å²) in [5.41, 5.74) is 3.14. The van der Waals surface area contributed by atoms with Crippen LogP contribution in [0.5, 0.6) is 5.75 Å². The summed E-state index contributed by atoms with van der Waals surface area (Å²) in [6.07, 6.45) is 1.83. The van der Waals surface area contributed by atoms with Crippen molar-refractivity contribution in [3.63, 3.8) is 0 Å². The molecule has 6 nitrogen and oxygen atoms in total. The number of benzene rings is 1. The molecule has 8 heteroatoms. The second-order valence-electron chi connectivity index (χ2n) is 6.22. The molecule has 140 valence electrons. The van der Waals surface area contributed by atoms with E-state index in [0.717, 1.165) is 16.3 Å². The zero-order valence-electron chi connectivity index (χ0n) is 14.8. The van der Waals surface area contributed by atoms with Gasteiger partial charge >= 0.3 is 5.97 Å². The van der Waals surface area contributed by atoms with Crippen molar-refractivity contribution < 1.29 is 23.4 Å².